The Morgan fingerprint density at radius 3 is 2.24 bits per heavy atom. The number of alkyl carbamates (subject to hydrolysis) is 1. The van der Waals surface area contributed by atoms with E-state index in [-0.39, 0.29) is 17.6 Å². The molecule has 34 heavy (non-hydrogen) atoms. The van der Waals surface area contributed by atoms with Gasteiger partial charge in [0.2, 0.25) is 0 Å². The standard InChI is InChI=1S/C31H51NO2/c1-19(2)21-10-9-20-13-17-29(5)22(26(20)21)11-12-24-30(29,6)18-14-23-28(3,4)16-15-25(31(23,24)7)32-27(33)34-8/h20-26H,1,9-18H2,2-8H3,(H,32,33)/t20-,21+,22-,23+,24+,25?,26-,29-,30-,31+/m1/s1. The number of carbonyl (C=O) groups is 1. The van der Waals surface area contributed by atoms with Gasteiger partial charge < -0.3 is 10.1 Å². The topological polar surface area (TPSA) is 38.3 Å². The Balaban J connectivity index is 1.55. The second-order valence-corrected chi connectivity index (χ2v) is 14.7. The number of amides is 1. The Kier molecular flexibility index (Phi) is 5.81. The smallest absolute Gasteiger partial charge is 0.407 e. The second kappa shape index (κ2) is 8.01. The fourth-order valence-corrected chi connectivity index (χ4v) is 11.6. The van der Waals surface area contributed by atoms with E-state index < -0.39 is 0 Å². The minimum atomic E-state index is -0.243. The van der Waals surface area contributed by atoms with E-state index in [2.05, 4.69) is 53.4 Å². The van der Waals surface area contributed by atoms with Gasteiger partial charge in [0, 0.05) is 6.04 Å². The van der Waals surface area contributed by atoms with Crippen LogP contribution in [0.1, 0.15) is 106 Å². The van der Waals surface area contributed by atoms with Crippen molar-refractivity contribution >= 4 is 6.09 Å². The summed E-state index contributed by atoms with van der Waals surface area (Å²) in [7, 11) is 1.51. The van der Waals surface area contributed by atoms with E-state index in [4.69, 9.17) is 4.74 Å². The summed E-state index contributed by atoms with van der Waals surface area (Å²) in [5, 5.41) is 3.37. The van der Waals surface area contributed by atoms with Gasteiger partial charge in [-0.2, -0.15) is 0 Å². The summed E-state index contributed by atoms with van der Waals surface area (Å²) in [6, 6.07) is 0.216. The molecule has 1 amide bonds. The summed E-state index contributed by atoms with van der Waals surface area (Å²) in [4.78, 5) is 12.5. The Morgan fingerprint density at radius 2 is 1.56 bits per heavy atom. The third-order valence-corrected chi connectivity index (χ3v) is 13.4. The third-order valence-electron chi connectivity index (χ3n) is 13.4. The Labute approximate surface area is 209 Å². The van der Waals surface area contributed by atoms with Crippen molar-refractivity contribution in [3.05, 3.63) is 12.2 Å². The van der Waals surface area contributed by atoms with E-state index in [0.29, 0.717) is 28.1 Å². The molecule has 0 radical (unpaired) electrons. The van der Waals surface area contributed by atoms with E-state index >= 15 is 0 Å². The quantitative estimate of drug-likeness (QED) is 0.416. The molecule has 5 aliphatic carbocycles. The molecule has 0 aromatic heterocycles. The lowest BCUT2D eigenvalue weighted by Crippen LogP contribution is -2.69. The zero-order valence-corrected chi connectivity index (χ0v) is 23.1. The predicted octanol–water partition coefficient (Wildman–Crippen LogP) is 8.00. The molecule has 0 aromatic carbocycles. The van der Waals surface area contributed by atoms with Crippen LogP contribution < -0.4 is 5.32 Å². The molecular formula is C31H51NO2. The van der Waals surface area contributed by atoms with Gasteiger partial charge in [-0.25, -0.2) is 4.79 Å². The van der Waals surface area contributed by atoms with Crippen LogP contribution in [0.2, 0.25) is 0 Å². The molecule has 1 unspecified atom stereocenters. The maximum absolute atomic E-state index is 12.5. The molecule has 0 heterocycles. The first-order chi connectivity index (χ1) is 15.9. The van der Waals surface area contributed by atoms with Crippen LogP contribution in [0.4, 0.5) is 4.79 Å². The molecule has 5 rings (SSSR count). The van der Waals surface area contributed by atoms with Gasteiger partial charge in [0.25, 0.3) is 0 Å². The zero-order valence-electron chi connectivity index (χ0n) is 23.1. The second-order valence-electron chi connectivity index (χ2n) is 14.7. The van der Waals surface area contributed by atoms with Crippen molar-refractivity contribution < 1.29 is 9.53 Å². The molecule has 1 N–H and O–H groups in total. The SMILES string of the molecule is C=C(C)[C@@H]1CC[C@@H]2CC[C@]3(C)[C@H](CC[C@@H]4[C@@]5(C)C(NC(=O)OC)CCC(C)(C)[C@@H]5CC[C@]43C)[C@H]21. The summed E-state index contributed by atoms with van der Waals surface area (Å²) in [5.41, 5.74) is 2.61. The summed E-state index contributed by atoms with van der Waals surface area (Å²) in [5.74, 6) is 4.66. The lowest BCUT2D eigenvalue weighted by atomic mass is 9.32. The molecule has 0 aromatic rings. The zero-order chi connectivity index (χ0) is 24.7. The van der Waals surface area contributed by atoms with Gasteiger partial charge >= 0.3 is 6.09 Å². The first-order valence-corrected chi connectivity index (χ1v) is 14.4. The van der Waals surface area contributed by atoms with Crippen LogP contribution in [0.15, 0.2) is 12.2 Å². The average Bonchev–Trinajstić information content (AvgIpc) is 3.20. The summed E-state index contributed by atoms with van der Waals surface area (Å²) in [6.07, 6.45) is 13.0. The van der Waals surface area contributed by atoms with E-state index in [1.807, 2.05) is 0 Å². The van der Waals surface area contributed by atoms with Crippen molar-refractivity contribution in [3.8, 4) is 0 Å². The number of nitrogens with one attached hydrogen (secondary N) is 1. The number of carbonyl (C=O) groups excluding carboxylic acids is 1. The number of hydrogen-bond donors (Lipinski definition) is 1. The third kappa shape index (κ3) is 3.16. The monoisotopic (exact) mass is 469 g/mol. The van der Waals surface area contributed by atoms with E-state index in [9.17, 15) is 4.79 Å². The average molecular weight is 470 g/mol. The normalized spacial score (nSPS) is 51.3. The fourth-order valence-electron chi connectivity index (χ4n) is 11.6. The highest BCUT2D eigenvalue weighted by molar-refractivity contribution is 5.67. The number of hydrogen-bond acceptors (Lipinski definition) is 2. The van der Waals surface area contributed by atoms with Gasteiger partial charge in [0.1, 0.15) is 0 Å². The Hall–Kier alpha value is -0.990. The molecule has 5 aliphatic rings. The van der Waals surface area contributed by atoms with E-state index in [1.165, 1.54) is 70.5 Å². The Bertz CT molecular complexity index is 848. The first kappa shape index (κ1) is 24.7. The van der Waals surface area contributed by atoms with Crippen LogP contribution >= 0.6 is 0 Å². The highest BCUT2D eigenvalue weighted by Crippen LogP contribution is 2.76. The number of methoxy groups -OCH3 is 1. The molecular weight excluding hydrogens is 418 g/mol. The van der Waals surface area contributed by atoms with Crippen molar-refractivity contribution in [2.75, 3.05) is 7.11 Å². The number of allylic oxidation sites excluding steroid dienone is 1. The summed E-state index contributed by atoms with van der Waals surface area (Å²) in [6.45, 7) is 19.7. The van der Waals surface area contributed by atoms with Gasteiger partial charge in [0.15, 0.2) is 0 Å². The first-order valence-electron chi connectivity index (χ1n) is 14.4. The maximum atomic E-state index is 12.5. The van der Waals surface area contributed by atoms with Crippen LogP contribution in [0, 0.1) is 57.2 Å². The number of ether oxygens (including phenoxy) is 1. The van der Waals surface area contributed by atoms with Crippen LogP contribution in [-0.4, -0.2) is 19.2 Å². The Morgan fingerprint density at radius 1 is 0.853 bits per heavy atom. The highest BCUT2D eigenvalue weighted by atomic mass is 16.5. The van der Waals surface area contributed by atoms with Crippen molar-refractivity contribution in [1.29, 1.82) is 0 Å². The maximum Gasteiger partial charge on any atom is 0.407 e. The molecule has 5 fully saturated rings. The number of rotatable bonds is 2. The molecule has 10 atom stereocenters. The summed E-state index contributed by atoms with van der Waals surface area (Å²) >= 11 is 0. The minimum Gasteiger partial charge on any atom is -0.453 e. The minimum absolute atomic E-state index is 0.122. The van der Waals surface area contributed by atoms with Crippen molar-refractivity contribution in [2.45, 2.75) is 112 Å². The van der Waals surface area contributed by atoms with Crippen molar-refractivity contribution in [1.82, 2.24) is 5.32 Å². The fraction of sp³-hybridized carbons (Fsp3) is 0.903. The van der Waals surface area contributed by atoms with Crippen LogP contribution in [0.25, 0.3) is 0 Å². The molecule has 5 saturated carbocycles. The molecule has 0 spiro atoms. The molecule has 0 aliphatic heterocycles. The molecule has 192 valence electrons. The van der Waals surface area contributed by atoms with Gasteiger partial charge in [0.05, 0.1) is 7.11 Å². The molecule has 0 bridgehead atoms. The lowest BCUT2D eigenvalue weighted by molar-refractivity contribution is -0.234. The highest BCUT2D eigenvalue weighted by Gasteiger charge is 2.70. The van der Waals surface area contributed by atoms with Gasteiger partial charge in [-0.3, -0.25) is 0 Å². The molecule has 3 nitrogen and oxygen atoms in total. The van der Waals surface area contributed by atoms with Crippen molar-refractivity contribution in [2.24, 2.45) is 57.2 Å². The summed E-state index contributed by atoms with van der Waals surface area (Å²) < 4.78 is 5.12. The van der Waals surface area contributed by atoms with Gasteiger partial charge in [-0.05, 0) is 128 Å². The van der Waals surface area contributed by atoms with Crippen LogP contribution in [0.5, 0.6) is 0 Å². The largest absolute Gasteiger partial charge is 0.453 e. The van der Waals surface area contributed by atoms with Gasteiger partial charge in [-0.1, -0.05) is 46.8 Å². The van der Waals surface area contributed by atoms with Gasteiger partial charge in [-0.15, -0.1) is 0 Å². The predicted molar refractivity (Wildman–Crippen MR) is 139 cm³/mol. The molecule has 0 saturated heterocycles. The number of fused-ring (bicyclic) bond motifs is 7. The van der Waals surface area contributed by atoms with E-state index in [1.54, 1.807) is 0 Å². The lowest BCUT2D eigenvalue weighted by Gasteiger charge is -2.73. The van der Waals surface area contributed by atoms with E-state index in [0.717, 1.165) is 30.1 Å². The molecule has 3 heteroatoms. The van der Waals surface area contributed by atoms with Crippen molar-refractivity contribution in [3.63, 3.8) is 0 Å². The van der Waals surface area contributed by atoms with Crippen LogP contribution in [-0.2, 0) is 4.74 Å². The van der Waals surface area contributed by atoms with Crippen LogP contribution in [0.3, 0.4) is 0 Å².